The van der Waals surface area contributed by atoms with Crippen molar-refractivity contribution in [1.29, 1.82) is 0 Å². The molecule has 1 atom stereocenters. The Bertz CT molecular complexity index is 654. The number of hydrazine groups is 1. The molecule has 1 aliphatic heterocycles. The number of nitrogens with zero attached hydrogens (tertiary/aromatic N) is 2. The van der Waals surface area contributed by atoms with Crippen LogP contribution in [0.4, 0.5) is 0 Å². The molecule has 1 unspecified atom stereocenters. The average molecular weight is 358 g/mol. The van der Waals surface area contributed by atoms with Gasteiger partial charge in [-0.3, -0.25) is 9.80 Å². The van der Waals surface area contributed by atoms with Gasteiger partial charge in [-0.25, -0.2) is 9.80 Å². The van der Waals surface area contributed by atoms with Crippen LogP contribution in [0.25, 0.3) is 0 Å². The Morgan fingerprint density at radius 2 is 1.96 bits per heavy atom. The van der Waals surface area contributed by atoms with Crippen molar-refractivity contribution in [2.45, 2.75) is 38.5 Å². The maximum Gasteiger partial charge on any atom is 0.335 e. The van der Waals surface area contributed by atoms with Gasteiger partial charge in [0.2, 0.25) is 5.91 Å². The molecule has 26 heavy (non-hydrogen) atoms. The van der Waals surface area contributed by atoms with Gasteiger partial charge < -0.3 is 9.90 Å². The highest BCUT2D eigenvalue weighted by Gasteiger charge is 2.31. The third-order valence-electron chi connectivity index (χ3n) is 5.68. The predicted octanol–water partition coefficient (Wildman–Crippen LogP) is 2.38. The first kappa shape index (κ1) is 18.6. The molecule has 6 nitrogen and oxygen atoms in total. The molecule has 2 aliphatic rings. The van der Waals surface area contributed by atoms with Crippen LogP contribution in [-0.2, 0) is 16.0 Å². The van der Waals surface area contributed by atoms with Crippen LogP contribution < -0.4 is 0 Å². The maximum atomic E-state index is 12.2. The Balaban J connectivity index is 1.52. The van der Waals surface area contributed by atoms with E-state index in [1.165, 1.54) is 6.42 Å². The van der Waals surface area contributed by atoms with E-state index in [-0.39, 0.29) is 17.4 Å². The molecule has 1 aromatic rings. The number of carbonyl (C=O) groups excluding carboxylic acids is 2. The summed E-state index contributed by atoms with van der Waals surface area (Å²) in [5.74, 6) is -0.163. The molecule has 0 radical (unpaired) electrons. The molecule has 0 bridgehead atoms. The number of benzene rings is 1. The van der Waals surface area contributed by atoms with Crippen molar-refractivity contribution >= 4 is 18.2 Å². The monoisotopic (exact) mass is 358 g/mol. The molecule has 0 spiro atoms. The third-order valence-corrected chi connectivity index (χ3v) is 5.68. The van der Waals surface area contributed by atoms with Gasteiger partial charge in [-0.05, 0) is 49.3 Å². The zero-order valence-corrected chi connectivity index (χ0v) is 15.0. The fourth-order valence-corrected chi connectivity index (χ4v) is 3.76. The lowest BCUT2D eigenvalue weighted by molar-refractivity contribution is -0.138. The van der Waals surface area contributed by atoms with E-state index in [4.69, 9.17) is 5.11 Å². The van der Waals surface area contributed by atoms with Gasteiger partial charge in [0, 0.05) is 32.0 Å². The summed E-state index contributed by atoms with van der Waals surface area (Å²) in [4.78, 5) is 34.4. The van der Waals surface area contributed by atoms with E-state index in [1.807, 2.05) is 0 Å². The van der Waals surface area contributed by atoms with Gasteiger partial charge in [-0.15, -0.1) is 0 Å². The van der Waals surface area contributed by atoms with E-state index in [0.717, 1.165) is 37.7 Å². The van der Waals surface area contributed by atoms with Gasteiger partial charge in [-0.1, -0.05) is 18.6 Å². The lowest BCUT2D eigenvalue weighted by atomic mass is 9.75. The number of hydrogen-bond donors (Lipinski definition) is 1. The van der Waals surface area contributed by atoms with E-state index in [2.05, 4.69) is 5.01 Å². The van der Waals surface area contributed by atoms with Gasteiger partial charge in [0.05, 0.1) is 5.56 Å². The number of carboxylic acids is 1. The van der Waals surface area contributed by atoms with Crippen molar-refractivity contribution in [3.8, 4) is 0 Å². The number of carbonyl (C=O) groups is 3. The number of amides is 1. The van der Waals surface area contributed by atoms with Crippen LogP contribution in [0.1, 0.15) is 48.0 Å². The zero-order valence-electron chi connectivity index (χ0n) is 15.0. The van der Waals surface area contributed by atoms with Crippen LogP contribution in [-0.4, -0.2) is 52.9 Å². The van der Waals surface area contributed by atoms with Crippen molar-refractivity contribution in [2.75, 3.05) is 19.6 Å². The fraction of sp³-hybridized carbons (Fsp3) is 0.550. The van der Waals surface area contributed by atoms with Gasteiger partial charge >= 0.3 is 5.97 Å². The number of aldehydes is 1. The Hall–Kier alpha value is -2.21. The number of aromatic carboxylic acids is 1. The Morgan fingerprint density at radius 1 is 1.23 bits per heavy atom. The first-order chi connectivity index (χ1) is 12.6. The van der Waals surface area contributed by atoms with E-state index in [0.29, 0.717) is 31.8 Å². The molecular formula is C20H26N2O4. The molecule has 1 amide bonds. The first-order valence-corrected chi connectivity index (χ1v) is 9.41. The topological polar surface area (TPSA) is 77.9 Å². The minimum atomic E-state index is -0.936. The first-order valence-electron chi connectivity index (χ1n) is 9.41. The number of hydrogen-bond acceptors (Lipinski definition) is 4. The molecule has 0 aromatic heterocycles. The van der Waals surface area contributed by atoms with Crippen LogP contribution in [0.2, 0.25) is 0 Å². The molecule has 1 N–H and O–H groups in total. The summed E-state index contributed by atoms with van der Waals surface area (Å²) in [7, 11) is 0. The molecule has 6 heteroatoms. The molecule has 140 valence electrons. The largest absolute Gasteiger partial charge is 0.478 e. The highest BCUT2D eigenvalue weighted by molar-refractivity contribution is 5.87. The maximum absolute atomic E-state index is 12.2. The summed E-state index contributed by atoms with van der Waals surface area (Å²) in [6, 6.07) is 6.78. The second kappa shape index (κ2) is 8.45. The van der Waals surface area contributed by atoms with Crippen LogP contribution in [0.15, 0.2) is 24.3 Å². The summed E-state index contributed by atoms with van der Waals surface area (Å²) in [5, 5.41) is 12.8. The van der Waals surface area contributed by atoms with Crippen molar-refractivity contribution in [3.63, 3.8) is 0 Å². The standard InChI is InChI=1S/C20H26N2O4/c23-14-18(16-2-1-3-16)9-11-21-12-10-19(24)22(21)13-8-15-4-6-17(7-5-15)20(25)26/h4-7,14,16,18H,1-3,8-13H2,(H,25,26). The van der Waals surface area contributed by atoms with Crippen molar-refractivity contribution in [3.05, 3.63) is 35.4 Å². The van der Waals surface area contributed by atoms with Crippen LogP contribution in [0.5, 0.6) is 0 Å². The Kier molecular flexibility index (Phi) is 6.04. The average Bonchev–Trinajstić information content (AvgIpc) is 2.95. The van der Waals surface area contributed by atoms with Crippen LogP contribution >= 0.6 is 0 Å². The van der Waals surface area contributed by atoms with E-state index in [9.17, 15) is 14.4 Å². The second-order valence-corrected chi connectivity index (χ2v) is 7.25. The Labute approximate surface area is 153 Å². The van der Waals surface area contributed by atoms with Crippen molar-refractivity contribution < 1.29 is 19.5 Å². The summed E-state index contributed by atoms with van der Waals surface area (Å²) in [6.45, 7) is 2.04. The van der Waals surface area contributed by atoms with Crippen LogP contribution in [0, 0.1) is 11.8 Å². The highest BCUT2D eigenvalue weighted by Crippen LogP contribution is 2.34. The normalized spacial score (nSPS) is 19.4. The predicted molar refractivity (Wildman–Crippen MR) is 96.5 cm³/mol. The summed E-state index contributed by atoms with van der Waals surface area (Å²) < 4.78 is 0. The quantitative estimate of drug-likeness (QED) is 0.686. The minimum absolute atomic E-state index is 0.116. The number of carboxylic acid groups (broad SMARTS) is 1. The van der Waals surface area contributed by atoms with Gasteiger partial charge in [0.1, 0.15) is 6.29 Å². The molecule has 1 heterocycles. The van der Waals surface area contributed by atoms with Gasteiger partial charge in [0.15, 0.2) is 0 Å². The molecule has 3 rings (SSSR count). The van der Waals surface area contributed by atoms with E-state index < -0.39 is 5.97 Å². The fourth-order valence-electron chi connectivity index (χ4n) is 3.76. The SMILES string of the molecule is O=CC(CCN1CCC(=O)N1CCc1ccc(C(=O)O)cc1)C1CCC1. The summed E-state index contributed by atoms with van der Waals surface area (Å²) >= 11 is 0. The summed E-state index contributed by atoms with van der Waals surface area (Å²) in [6.07, 6.45) is 6.64. The second-order valence-electron chi connectivity index (χ2n) is 7.25. The van der Waals surface area contributed by atoms with Gasteiger partial charge in [-0.2, -0.15) is 0 Å². The number of rotatable bonds is 9. The van der Waals surface area contributed by atoms with E-state index >= 15 is 0 Å². The Morgan fingerprint density at radius 3 is 2.54 bits per heavy atom. The van der Waals surface area contributed by atoms with Crippen LogP contribution in [0.3, 0.4) is 0 Å². The van der Waals surface area contributed by atoms with Crippen molar-refractivity contribution in [1.82, 2.24) is 10.0 Å². The summed E-state index contributed by atoms with van der Waals surface area (Å²) in [5.41, 5.74) is 1.28. The van der Waals surface area contributed by atoms with Gasteiger partial charge in [0.25, 0.3) is 0 Å². The zero-order chi connectivity index (χ0) is 18.5. The molecule has 1 aliphatic carbocycles. The third kappa shape index (κ3) is 4.30. The highest BCUT2D eigenvalue weighted by atomic mass is 16.4. The molecule has 1 saturated carbocycles. The lowest BCUT2D eigenvalue weighted by Gasteiger charge is -2.33. The minimum Gasteiger partial charge on any atom is -0.478 e. The molecule has 1 aromatic carbocycles. The smallest absolute Gasteiger partial charge is 0.335 e. The molecular weight excluding hydrogens is 332 g/mol. The lowest BCUT2D eigenvalue weighted by Crippen LogP contribution is -2.42. The van der Waals surface area contributed by atoms with Crippen molar-refractivity contribution in [2.24, 2.45) is 11.8 Å². The molecule has 1 saturated heterocycles. The molecule has 2 fully saturated rings. The van der Waals surface area contributed by atoms with E-state index in [1.54, 1.807) is 29.3 Å².